The molecule has 0 aliphatic carbocycles. The number of hydrogen-bond donors (Lipinski definition) is 1. The smallest absolute Gasteiger partial charge is 0.360 e. The molecular weight excluding hydrogens is 424 g/mol. The molecular formula is C24H22N4O5. The van der Waals surface area contributed by atoms with E-state index in [-0.39, 0.29) is 17.1 Å². The number of anilines is 1. The molecule has 1 atom stereocenters. The summed E-state index contributed by atoms with van der Waals surface area (Å²) in [6.07, 6.45) is -0.617. The average molecular weight is 446 g/mol. The molecule has 1 N–H and O–H groups in total. The Morgan fingerprint density at radius 2 is 1.79 bits per heavy atom. The molecule has 1 amide bonds. The second-order valence-corrected chi connectivity index (χ2v) is 7.43. The molecule has 0 bridgehead atoms. The third kappa shape index (κ3) is 4.67. The van der Waals surface area contributed by atoms with Crippen molar-refractivity contribution in [3.63, 3.8) is 0 Å². The van der Waals surface area contributed by atoms with Crippen molar-refractivity contribution in [1.82, 2.24) is 14.9 Å². The quantitative estimate of drug-likeness (QED) is 0.431. The van der Waals surface area contributed by atoms with Crippen molar-refractivity contribution in [3.05, 3.63) is 88.0 Å². The van der Waals surface area contributed by atoms with Gasteiger partial charge >= 0.3 is 5.97 Å². The van der Waals surface area contributed by atoms with E-state index in [0.717, 1.165) is 0 Å². The van der Waals surface area contributed by atoms with Gasteiger partial charge in [-0.1, -0.05) is 60.6 Å². The summed E-state index contributed by atoms with van der Waals surface area (Å²) in [5.41, 5.74) is 0.141. The molecule has 1 unspecified atom stereocenters. The van der Waals surface area contributed by atoms with E-state index in [1.165, 1.54) is 4.68 Å². The maximum absolute atomic E-state index is 13.3. The monoisotopic (exact) mass is 446 g/mol. The molecule has 0 radical (unpaired) electrons. The highest BCUT2D eigenvalue weighted by Gasteiger charge is 2.28. The molecule has 9 heteroatoms. The van der Waals surface area contributed by atoms with Crippen LogP contribution in [-0.4, -0.2) is 26.8 Å². The van der Waals surface area contributed by atoms with Gasteiger partial charge in [0.15, 0.2) is 11.5 Å². The highest BCUT2D eigenvalue weighted by Crippen LogP contribution is 2.23. The Hall–Kier alpha value is -4.27. The second-order valence-electron chi connectivity index (χ2n) is 7.43. The number of aryl methyl sites for hydroxylation is 2. The Kier molecular flexibility index (Phi) is 6.30. The van der Waals surface area contributed by atoms with Gasteiger partial charge in [0.2, 0.25) is 6.10 Å². The number of hydrogen-bond acceptors (Lipinski definition) is 7. The summed E-state index contributed by atoms with van der Waals surface area (Å²) in [5.74, 6) is -0.701. The second kappa shape index (κ2) is 9.47. The zero-order valence-electron chi connectivity index (χ0n) is 18.1. The number of rotatable bonds is 7. The van der Waals surface area contributed by atoms with Crippen molar-refractivity contribution in [2.75, 3.05) is 5.32 Å². The molecule has 0 fully saturated rings. The van der Waals surface area contributed by atoms with Crippen LogP contribution in [0.25, 0.3) is 10.8 Å². The van der Waals surface area contributed by atoms with Crippen molar-refractivity contribution in [1.29, 1.82) is 0 Å². The van der Waals surface area contributed by atoms with Crippen LogP contribution in [0.5, 0.6) is 0 Å². The summed E-state index contributed by atoms with van der Waals surface area (Å²) >= 11 is 0. The highest BCUT2D eigenvalue weighted by atomic mass is 16.5. The van der Waals surface area contributed by atoms with Crippen molar-refractivity contribution < 1.29 is 18.8 Å². The van der Waals surface area contributed by atoms with Gasteiger partial charge in [-0.05, 0) is 19.4 Å². The number of benzene rings is 2. The molecule has 2 aromatic carbocycles. The first kappa shape index (κ1) is 21.9. The lowest BCUT2D eigenvalue weighted by atomic mass is 10.1. The predicted molar refractivity (Wildman–Crippen MR) is 121 cm³/mol. The summed E-state index contributed by atoms with van der Waals surface area (Å²) in [6.45, 7) is 3.94. The highest BCUT2D eigenvalue weighted by molar-refractivity contribution is 6.03. The molecule has 0 saturated heterocycles. The van der Waals surface area contributed by atoms with Crippen LogP contribution in [-0.2, 0) is 16.1 Å². The van der Waals surface area contributed by atoms with E-state index in [9.17, 15) is 14.4 Å². The number of amides is 1. The molecule has 0 aliphatic heterocycles. The van der Waals surface area contributed by atoms with Gasteiger partial charge < -0.3 is 14.6 Å². The van der Waals surface area contributed by atoms with Crippen LogP contribution in [0.4, 0.5) is 5.82 Å². The average Bonchev–Trinajstić information content (AvgIpc) is 3.24. The molecule has 2 aromatic heterocycles. The maximum Gasteiger partial charge on any atom is 0.360 e. The van der Waals surface area contributed by atoms with Gasteiger partial charge in [-0.2, -0.15) is 5.10 Å². The summed E-state index contributed by atoms with van der Waals surface area (Å²) in [7, 11) is 0. The normalized spacial score (nSPS) is 11.8. The van der Waals surface area contributed by atoms with Crippen molar-refractivity contribution >= 4 is 28.5 Å². The van der Waals surface area contributed by atoms with E-state index in [0.29, 0.717) is 35.1 Å². The number of nitrogens with one attached hydrogen (secondary N) is 1. The maximum atomic E-state index is 13.3. The predicted octanol–water partition coefficient (Wildman–Crippen LogP) is 3.64. The van der Waals surface area contributed by atoms with Crippen LogP contribution in [0, 0.1) is 6.92 Å². The minimum absolute atomic E-state index is 0.0374. The Balaban J connectivity index is 1.71. The van der Waals surface area contributed by atoms with Crippen molar-refractivity contribution in [2.24, 2.45) is 0 Å². The van der Waals surface area contributed by atoms with Gasteiger partial charge in [0.25, 0.3) is 11.5 Å². The van der Waals surface area contributed by atoms with E-state index in [1.54, 1.807) is 67.6 Å². The topological polar surface area (TPSA) is 116 Å². The van der Waals surface area contributed by atoms with Crippen LogP contribution >= 0.6 is 0 Å². The van der Waals surface area contributed by atoms with E-state index in [2.05, 4.69) is 15.6 Å². The van der Waals surface area contributed by atoms with Gasteiger partial charge in [0.1, 0.15) is 5.76 Å². The third-order valence-electron chi connectivity index (χ3n) is 4.94. The zero-order valence-corrected chi connectivity index (χ0v) is 18.1. The van der Waals surface area contributed by atoms with Crippen molar-refractivity contribution in [3.8, 4) is 0 Å². The minimum Gasteiger partial charge on any atom is -0.442 e. The molecule has 9 nitrogen and oxygen atoms in total. The largest absolute Gasteiger partial charge is 0.442 e. The number of fused-ring (bicyclic) bond motifs is 1. The van der Waals surface area contributed by atoms with E-state index in [1.807, 2.05) is 6.92 Å². The van der Waals surface area contributed by atoms with Gasteiger partial charge in [0.05, 0.1) is 5.39 Å². The Labute approximate surface area is 189 Å². The molecule has 4 rings (SSSR count). The molecule has 0 spiro atoms. The summed E-state index contributed by atoms with van der Waals surface area (Å²) in [6, 6.07) is 16.9. The van der Waals surface area contributed by atoms with E-state index < -0.39 is 18.0 Å². The van der Waals surface area contributed by atoms with E-state index in [4.69, 9.17) is 9.26 Å². The molecule has 168 valence electrons. The first-order valence-corrected chi connectivity index (χ1v) is 10.5. The van der Waals surface area contributed by atoms with Crippen LogP contribution < -0.4 is 10.9 Å². The summed E-state index contributed by atoms with van der Waals surface area (Å²) in [5, 5.41) is 11.3. The lowest BCUT2D eigenvalue weighted by Crippen LogP contribution is -2.29. The summed E-state index contributed by atoms with van der Waals surface area (Å²) < 4.78 is 11.9. The Morgan fingerprint density at radius 3 is 2.45 bits per heavy atom. The fraction of sp³-hybridized carbons (Fsp3) is 0.208. The number of nitrogens with zero attached hydrogens (tertiary/aromatic N) is 3. The fourth-order valence-electron chi connectivity index (χ4n) is 3.43. The minimum atomic E-state index is -1.28. The Morgan fingerprint density at radius 1 is 1.09 bits per heavy atom. The zero-order chi connectivity index (χ0) is 23.4. The van der Waals surface area contributed by atoms with E-state index >= 15 is 0 Å². The third-order valence-corrected chi connectivity index (χ3v) is 4.94. The van der Waals surface area contributed by atoms with Gasteiger partial charge in [-0.15, -0.1) is 0 Å². The molecule has 4 aromatic rings. The molecule has 0 aliphatic rings. The fourth-order valence-corrected chi connectivity index (χ4v) is 3.43. The first-order chi connectivity index (χ1) is 16.0. The number of carbonyl (C=O) groups excluding carboxylic acids is 2. The standard InChI is InChI=1S/C24H22N4O5/c1-3-13-28-23(30)18-12-8-7-11-17(18)20(26-28)24(31)32-21(16-9-5-4-6-10-16)22(29)25-19-14-15(2)33-27-19/h4-12,14,21H,3,13H2,1-2H3,(H,25,27,29). The number of esters is 1. The number of ether oxygens (including phenoxy) is 1. The van der Waals surface area contributed by atoms with Gasteiger partial charge in [0, 0.05) is 23.6 Å². The van der Waals surface area contributed by atoms with Crippen molar-refractivity contribution in [2.45, 2.75) is 32.9 Å². The molecule has 0 saturated carbocycles. The van der Waals surface area contributed by atoms with Gasteiger partial charge in [-0.3, -0.25) is 9.59 Å². The number of carbonyl (C=O) groups is 2. The van der Waals surface area contributed by atoms with Crippen LogP contribution in [0.2, 0.25) is 0 Å². The lowest BCUT2D eigenvalue weighted by molar-refractivity contribution is -0.125. The molecule has 33 heavy (non-hydrogen) atoms. The van der Waals surface area contributed by atoms with Crippen LogP contribution in [0.1, 0.15) is 41.3 Å². The van der Waals surface area contributed by atoms with Gasteiger partial charge in [-0.25, -0.2) is 9.48 Å². The number of aromatic nitrogens is 3. The summed E-state index contributed by atoms with van der Waals surface area (Å²) in [4.78, 5) is 39.0. The van der Waals surface area contributed by atoms with Crippen LogP contribution in [0.3, 0.4) is 0 Å². The SMILES string of the molecule is CCCn1nc(C(=O)OC(C(=O)Nc2cc(C)on2)c2ccccc2)c2ccccc2c1=O. The Bertz CT molecular complexity index is 1360. The van der Waals surface area contributed by atoms with Crippen LogP contribution in [0.15, 0.2) is 70.0 Å². The lowest BCUT2D eigenvalue weighted by Gasteiger charge is -2.18. The molecule has 2 heterocycles. The first-order valence-electron chi connectivity index (χ1n) is 10.5.